The van der Waals surface area contributed by atoms with Crippen LogP contribution < -0.4 is 0 Å². The van der Waals surface area contributed by atoms with Gasteiger partial charge in [-0.05, 0) is 49.5 Å². The average Bonchev–Trinajstić information content (AvgIpc) is 3.25. The summed E-state index contributed by atoms with van der Waals surface area (Å²) < 4.78 is 6.85. The van der Waals surface area contributed by atoms with Crippen LogP contribution in [0.25, 0.3) is 0 Å². The molecule has 37 heavy (non-hydrogen) atoms. The van der Waals surface area contributed by atoms with Crippen molar-refractivity contribution in [2.24, 2.45) is 0 Å². The zero-order valence-electron chi connectivity index (χ0n) is 20.7. The summed E-state index contributed by atoms with van der Waals surface area (Å²) in [5.41, 5.74) is 2.37. The van der Waals surface area contributed by atoms with Crippen LogP contribution in [-0.4, -0.2) is 70.3 Å². The first-order valence-electron chi connectivity index (χ1n) is 12.5. The Morgan fingerprint density at radius 2 is 1.59 bits per heavy atom. The van der Waals surface area contributed by atoms with Gasteiger partial charge in [0.25, 0.3) is 0 Å². The summed E-state index contributed by atoms with van der Waals surface area (Å²) in [6, 6.07) is 18.6. The van der Waals surface area contributed by atoms with Gasteiger partial charge in [-0.15, -0.1) is 0 Å². The first kappa shape index (κ1) is 28.4. The Morgan fingerprint density at radius 1 is 0.973 bits per heavy atom. The number of aliphatic carboxylic acids is 2. The second-order valence-corrected chi connectivity index (χ2v) is 9.94. The summed E-state index contributed by atoms with van der Waals surface area (Å²) in [6.45, 7) is 4.02. The molecule has 2 aromatic rings. The molecule has 2 aliphatic heterocycles. The quantitative estimate of drug-likeness (QED) is 0.400. The van der Waals surface area contributed by atoms with Crippen molar-refractivity contribution in [1.82, 2.24) is 9.80 Å². The van der Waals surface area contributed by atoms with Crippen molar-refractivity contribution in [3.63, 3.8) is 0 Å². The Bertz CT molecular complexity index is 1060. The minimum atomic E-state index is -1.26. The number of cyclic esters (lactones) is 1. The second-order valence-electron chi connectivity index (χ2n) is 9.08. The van der Waals surface area contributed by atoms with Crippen molar-refractivity contribution in [3.05, 3.63) is 82.3 Å². The van der Waals surface area contributed by atoms with Gasteiger partial charge in [-0.2, -0.15) is 0 Å². The molecule has 2 unspecified atom stereocenters. The number of amides is 1. The number of piperidine rings is 1. The van der Waals surface area contributed by atoms with E-state index in [0.717, 1.165) is 23.9 Å². The van der Waals surface area contributed by atoms with Gasteiger partial charge < -0.3 is 19.8 Å². The normalized spacial score (nSPS) is 18.7. The summed E-state index contributed by atoms with van der Waals surface area (Å²) in [5.74, 6) is -2.51. The van der Waals surface area contributed by atoms with E-state index < -0.39 is 11.9 Å². The first-order chi connectivity index (χ1) is 17.8. The van der Waals surface area contributed by atoms with E-state index in [0.29, 0.717) is 18.7 Å². The third kappa shape index (κ3) is 9.33. The number of likely N-dealkylation sites (tertiary alicyclic amines) is 1. The summed E-state index contributed by atoms with van der Waals surface area (Å²) in [4.78, 5) is 36.4. The Morgan fingerprint density at radius 3 is 2.22 bits per heavy atom. The molecule has 2 saturated heterocycles. The molecule has 1 amide bonds. The van der Waals surface area contributed by atoms with Crippen LogP contribution in [0, 0.1) is 0 Å². The van der Waals surface area contributed by atoms with E-state index in [1.807, 2.05) is 29.2 Å². The van der Waals surface area contributed by atoms with Gasteiger partial charge in [0.1, 0.15) is 6.10 Å². The average molecular weight is 573 g/mol. The van der Waals surface area contributed by atoms with E-state index in [4.69, 9.17) is 14.9 Å². The number of carboxylic acids is 2. The number of carbonyl (C=O) groups excluding carboxylic acids is 1. The highest BCUT2D eigenvalue weighted by Gasteiger charge is 2.37. The van der Waals surface area contributed by atoms with E-state index in [1.165, 1.54) is 43.5 Å². The van der Waals surface area contributed by atoms with Gasteiger partial charge in [0.05, 0.1) is 12.6 Å². The molecule has 0 saturated carbocycles. The lowest BCUT2D eigenvalue weighted by Crippen LogP contribution is -2.36. The summed E-state index contributed by atoms with van der Waals surface area (Å²) in [7, 11) is 0. The molecule has 9 heteroatoms. The lowest BCUT2D eigenvalue weighted by molar-refractivity contribution is -0.134. The minimum absolute atomic E-state index is 0.0647. The molecule has 2 fully saturated rings. The lowest BCUT2D eigenvalue weighted by atomic mass is 10.0. The third-order valence-electron chi connectivity index (χ3n) is 6.40. The molecular weight excluding hydrogens is 540 g/mol. The predicted octanol–water partition coefficient (Wildman–Crippen LogP) is 5.14. The molecule has 0 bridgehead atoms. The standard InChI is InChI=1S/C24H29BrN2O2.C4H4O4/c25-22-12-6-5-11-20(22)17-21-18-27(24(28)29-21)23(19-9-3-1-4-10-19)13-16-26-14-7-2-8-15-26;5-3(6)1-2-4(7)8/h1,3-6,9-12,21,23H,2,7-8,13-18H2;1-2H,(H,5,6)(H,7,8)/b;2-1+. The van der Waals surface area contributed by atoms with E-state index in [9.17, 15) is 14.4 Å². The number of hydrogen-bond donors (Lipinski definition) is 2. The van der Waals surface area contributed by atoms with Crippen LogP contribution in [0.5, 0.6) is 0 Å². The van der Waals surface area contributed by atoms with E-state index in [1.54, 1.807) is 0 Å². The molecule has 2 atom stereocenters. The van der Waals surface area contributed by atoms with Crippen LogP contribution in [0.4, 0.5) is 4.79 Å². The van der Waals surface area contributed by atoms with Gasteiger partial charge in [0.15, 0.2) is 0 Å². The second kappa shape index (κ2) is 14.5. The number of halogens is 1. The molecule has 0 aliphatic carbocycles. The van der Waals surface area contributed by atoms with Crippen molar-refractivity contribution >= 4 is 34.0 Å². The van der Waals surface area contributed by atoms with Crippen LogP contribution in [0.3, 0.4) is 0 Å². The molecule has 4 rings (SSSR count). The number of carbonyl (C=O) groups is 3. The Balaban J connectivity index is 0.000000414. The monoisotopic (exact) mass is 572 g/mol. The largest absolute Gasteiger partial charge is 0.478 e. The zero-order valence-corrected chi connectivity index (χ0v) is 22.3. The van der Waals surface area contributed by atoms with Gasteiger partial charge in [0.2, 0.25) is 0 Å². The van der Waals surface area contributed by atoms with Crippen molar-refractivity contribution in [3.8, 4) is 0 Å². The SMILES string of the molecule is O=C(O)/C=C/C(=O)O.O=C1OC(Cc2ccccc2Br)CN1C(CCN1CCCCC1)c1ccccc1. The first-order valence-corrected chi connectivity index (χ1v) is 13.2. The van der Waals surface area contributed by atoms with Gasteiger partial charge in [-0.25, -0.2) is 14.4 Å². The number of hydrogen-bond acceptors (Lipinski definition) is 5. The van der Waals surface area contributed by atoms with Crippen LogP contribution in [0.15, 0.2) is 71.2 Å². The van der Waals surface area contributed by atoms with Gasteiger partial charge in [0, 0.05) is 29.6 Å². The fraction of sp³-hybridized carbons (Fsp3) is 0.393. The zero-order chi connectivity index (χ0) is 26.6. The van der Waals surface area contributed by atoms with E-state index in [2.05, 4.69) is 51.2 Å². The van der Waals surface area contributed by atoms with Crippen LogP contribution in [-0.2, 0) is 20.7 Å². The van der Waals surface area contributed by atoms with E-state index >= 15 is 0 Å². The summed E-state index contributed by atoms with van der Waals surface area (Å²) in [5, 5.41) is 15.6. The van der Waals surface area contributed by atoms with Gasteiger partial charge in [-0.1, -0.05) is 70.9 Å². The van der Waals surface area contributed by atoms with Crippen molar-refractivity contribution < 1.29 is 29.3 Å². The highest BCUT2D eigenvalue weighted by Crippen LogP contribution is 2.31. The molecular formula is C28H33BrN2O6. The van der Waals surface area contributed by atoms with Crippen LogP contribution in [0.2, 0.25) is 0 Å². The Hall–Kier alpha value is -3.17. The highest BCUT2D eigenvalue weighted by atomic mass is 79.9. The molecule has 8 nitrogen and oxygen atoms in total. The molecule has 2 aromatic carbocycles. The van der Waals surface area contributed by atoms with Crippen LogP contribution in [0.1, 0.15) is 42.9 Å². The Labute approximate surface area is 225 Å². The van der Waals surface area contributed by atoms with Crippen LogP contribution >= 0.6 is 15.9 Å². The van der Waals surface area contributed by atoms with Gasteiger partial charge >= 0.3 is 18.0 Å². The molecule has 2 N–H and O–H groups in total. The summed E-state index contributed by atoms with van der Waals surface area (Å²) >= 11 is 3.61. The molecule has 2 heterocycles. The van der Waals surface area contributed by atoms with Gasteiger partial charge in [-0.3, -0.25) is 4.90 Å². The molecule has 0 aromatic heterocycles. The third-order valence-corrected chi connectivity index (χ3v) is 7.18. The fourth-order valence-corrected chi connectivity index (χ4v) is 5.07. The Kier molecular flexibility index (Phi) is 11.2. The maximum atomic E-state index is 12.8. The molecule has 198 valence electrons. The number of rotatable bonds is 9. The minimum Gasteiger partial charge on any atom is -0.478 e. The lowest BCUT2D eigenvalue weighted by Gasteiger charge is -2.31. The van der Waals surface area contributed by atoms with Crippen molar-refractivity contribution in [2.45, 2.75) is 44.2 Å². The number of carboxylic acid groups (broad SMARTS) is 2. The maximum absolute atomic E-state index is 12.8. The fourth-order valence-electron chi connectivity index (χ4n) is 4.62. The summed E-state index contributed by atoms with van der Waals surface area (Å²) in [6.07, 6.45) is 6.42. The molecule has 2 aliphatic rings. The smallest absolute Gasteiger partial charge is 0.410 e. The number of nitrogens with zero attached hydrogens (tertiary/aromatic N) is 2. The number of ether oxygens (including phenoxy) is 1. The topological polar surface area (TPSA) is 107 Å². The van der Waals surface area contributed by atoms with E-state index in [-0.39, 0.29) is 18.2 Å². The predicted molar refractivity (Wildman–Crippen MR) is 143 cm³/mol. The highest BCUT2D eigenvalue weighted by molar-refractivity contribution is 9.10. The maximum Gasteiger partial charge on any atom is 0.410 e. The van der Waals surface area contributed by atoms with Crippen molar-refractivity contribution in [2.75, 3.05) is 26.2 Å². The molecule has 0 spiro atoms. The molecule has 0 radical (unpaired) electrons. The van der Waals surface area contributed by atoms with Crippen molar-refractivity contribution in [1.29, 1.82) is 0 Å². The number of benzene rings is 2.